The van der Waals surface area contributed by atoms with Crippen LogP contribution in [0.15, 0.2) is 0 Å². The third-order valence-electron chi connectivity index (χ3n) is 0. The van der Waals surface area contributed by atoms with E-state index >= 15 is 0 Å². The lowest BCUT2D eigenvalue weighted by Gasteiger charge is -1.58. The molecule has 0 fully saturated rings. The lowest BCUT2D eigenvalue weighted by Crippen LogP contribution is -0.966. The van der Waals surface area contributed by atoms with Crippen LogP contribution in [-0.4, -0.2) is 0 Å². The van der Waals surface area contributed by atoms with E-state index in [0.29, 0.717) is 0 Å². The molecule has 4 heavy (non-hydrogen) atoms. The van der Waals surface area contributed by atoms with Gasteiger partial charge in [-0.3, -0.25) is 0 Å². The Morgan fingerprint density at radius 2 is 1.50 bits per heavy atom. The smallest absolute Gasteiger partial charge is 0.174 e. The molecule has 0 aromatic rings. The van der Waals surface area contributed by atoms with E-state index in [9.17, 15) is 4.57 Å². The molecule has 4 heteroatoms. The topological polar surface area (TPSA) is 17.1 Å². The summed E-state index contributed by atoms with van der Waals surface area (Å²) >= 11 is 6.75. The Hall–Kier alpha value is 0.930. The second-order valence-electron chi connectivity index (χ2n) is 0.283. The maximum absolute atomic E-state index is 9.36. The van der Waals surface area contributed by atoms with Crippen LogP contribution in [0.2, 0.25) is 0 Å². The molecule has 1 nitrogen and oxygen atoms in total. The number of rotatable bonds is 0. The van der Waals surface area contributed by atoms with Gasteiger partial charge < -0.3 is 4.57 Å². The molecule has 0 aromatic carbocycles. The van der Waals surface area contributed by atoms with Gasteiger partial charge in [0.1, 0.15) is 0 Å². The second kappa shape index (κ2) is 2.18. The van der Waals surface area contributed by atoms with Gasteiger partial charge in [-0.25, -0.2) is 0 Å². The second-order valence-corrected chi connectivity index (χ2v) is 4.34. The summed E-state index contributed by atoms with van der Waals surface area (Å²) < 4.78 is 9.36. The Kier molecular flexibility index (Phi) is 2.69. The maximum atomic E-state index is 9.36. The number of hydrogen-bond acceptors (Lipinski definition) is 1. The van der Waals surface area contributed by atoms with E-state index in [1.54, 1.807) is 0 Å². The summed E-state index contributed by atoms with van der Waals surface area (Å²) in [4.78, 5) is 0. The minimum Gasteiger partial charge on any atom is -0.304 e. The van der Waals surface area contributed by atoms with Crippen LogP contribution in [0.1, 0.15) is 0 Å². The molecule has 0 N–H and O–H groups in total. The van der Waals surface area contributed by atoms with Crippen molar-refractivity contribution in [3.05, 3.63) is 0 Å². The first-order valence-corrected chi connectivity index (χ1v) is 4.64. The van der Waals surface area contributed by atoms with Gasteiger partial charge in [-0.2, -0.15) is 0 Å². The summed E-state index contributed by atoms with van der Waals surface area (Å²) in [6, 6.07) is 0. The maximum Gasteiger partial charge on any atom is 0.174 e. The zero-order chi connectivity index (χ0) is 3.58. The fraction of sp³-hybridized carbons (Fsp3) is 0. The predicted octanol–water partition coefficient (Wildman–Crippen LogP) is 1.24. The average molecular weight is 114 g/mol. The van der Waals surface area contributed by atoms with Crippen molar-refractivity contribution in [1.82, 2.24) is 0 Å². The summed E-state index contributed by atoms with van der Waals surface area (Å²) in [7, 11) is 0. The summed E-state index contributed by atoms with van der Waals surface area (Å²) in [6.07, 6.45) is -1.74. The number of thiol groups is 2. The highest BCUT2D eigenvalue weighted by Crippen LogP contribution is 2.29. The highest BCUT2D eigenvalue weighted by atomic mass is 33.0. The Bertz CT molecular complexity index is 29.0. The molecule has 0 atom stereocenters. The van der Waals surface area contributed by atoms with Crippen molar-refractivity contribution in [3.63, 3.8) is 0 Å². The lowest BCUT2D eigenvalue weighted by molar-refractivity contribution is 0.604. The van der Waals surface area contributed by atoms with Crippen LogP contribution < -0.4 is 0 Å². The average Bonchev–Trinajstić information content (AvgIpc) is 0.811. The van der Waals surface area contributed by atoms with Gasteiger partial charge in [0.15, 0.2) is 6.20 Å². The Morgan fingerprint density at radius 1 is 1.50 bits per heavy atom. The van der Waals surface area contributed by atoms with Crippen molar-refractivity contribution < 1.29 is 4.57 Å². The van der Waals surface area contributed by atoms with Crippen molar-refractivity contribution >= 4 is 30.7 Å². The molecule has 0 spiro atoms. The lowest BCUT2D eigenvalue weighted by atomic mass is 16.0. The van der Waals surface area contributed by atoms with Crippen molar-refractivity contribution in [2.75, 3.05) is 0 Å². The van der Waals surface area contributed by atoms with Crippen molar-refractivity contribution in [2.45, 2.75) is 0 Å². The van der Waals surface area contributed by atoms with E-state index < -0.39 is 6.20 Å². The van der Waals surface area contributed by atoms with Crippen LogP contribution in [-0.2, 0) is 4.57 Å². The van der Waals surface area contributed by atoms with Crippen LogP contribution in [0.3, 0.4) is 0 Å². The largest absolute Gasteiger partial charge is 0.304 e. The highest BCUT2D eigenvalue weighted by molar-refractivity contribution is 8.73. The van der Waals surface area contributed by atoms with Crippen molar-refractivity contribution in [2.24, 2.45) is 0 Å². The standard InChI is InChI=1S/H3OPS2/c1-2(3)4/h2H,(H2,1,3,4). The highest BCUT2D eigenvalue weighted by Gasteiger charge is 1.61. The van der Waals surface area contributed by atoms with Crippen molar-refractivity contribution in [3.8, 4) is 0 Å². The fourth-order valence-electron chi connectivity index (χ4n) is 0. The van der Waals surface area contributed by atoms with Gasteiger partial charge in [0.05, 0.1) is 0 Å². The Morgan fingerprint density at radius 3 is 1.50 bits per heavy atom. The molecule has 26 valence electrons. The first kappa shape index (κ1) is 4.93. The van der Waals surface area contributed by atoms with E-state index in [4.69, 9.17) is 0 Å². The van der Waals surface area contributed by atoms with Gasteiger partial charge in [0.25, 0.3) is 0 Å². The Balaban J connectivity index is 2.80. The van der Waals surface area contributed by atoms with Gasteiger partial charge in [0.2, 0.25) is 0 Å². The first-order chi connectivity index (χ1) is 1.73. The molecule has 0 aromatic heterocycles. The molecule has 0 bridgehead atoms. The SMILES string of the molecule is O=[PH](S)S. The third-order valence-corrected chi connectivity index (χ3v) is 0. The minimum atomic E-state index is -1.74. The van der Waals surface area contributed by atoms with Crippen LogP contribution in [0.25, 0.3) is 0 Å². The molecular weight excluding hydrogens is 111 g/mol. The molecule has 0 aliphatic heterocycles. The molecule has 0 saturated heterocycles. The van der Waals surface area contributed by atoms with Gasteiger partial charge in [-0.05, 0) is 0 Å². The van der Waals surface area contributed by atoms with E-state index in [-0.39, 0.29) is 0 Å². The van der Waals surface area contributed by atoms with E-state index in [1.807, 2.05) is 0 Å². The molecule has 0 saturated carbocycles. The van der Waals surface area contributed by atoms with Gasteiger partial charge in [0, 0.05) is 0 Å². The summed E-state index contributed by atoms with van der Waals surface area (Å²) in [5, 5.41) is 0. The van der Waals surface area contributed by atoms with E-state index in [0.717, 1.165) is 0 Å². The summed E-state index contributed by atoms with van der Waals surface area (Å²) in [5.74, 6) is 0. The monoisotopic (exact) mass is 114 g/mol. The first-order valence-electron chi connectivity index (χ1n) is 0.651. The van der Waals surface area contributed by atoms with Crippen LogP contribution in [0, 0.1) is 0 Å². The summed E-state index contributed by atoms with van der Waals surface area (Å²) in [5.41, 5.74) is 0. The predicted molar refractivity (Wildman–Crippen MR) is 27.0 cm³/mol. The minimum absolute atomic E-state index is 1.74. The van der Waals surface area contributed by atoms with E-state index in [1.165, 1.54) is 0 Å². The molecule has 0 heterocycles. The molecule has 0 aliphatic rings. The third kappa shape index (κ3) is 12.6. The molecule has 0 radical (unpaired) electrons. The molecule has 0 amide bonds. The van der Waals surface area contributed by atoms with Gasteiger partial charge in [-0.1, -0.05) is 0 Å². The van der Waals surface area contributed by atoms with Crippen LogP contribution >= 0.6 is 30.7 Å². The zero-order valence-corrected chi connectivity index (χ0v) is 4.59. The molecule has 0 unspecified atom stereocenters. The zero-order valence-electron chi connectivity index (χ0n) is 1.80. The van der Waals surface area contributed by atoms with E-state index in [2.05, 4.69) is 24.5 Å². The summed E-state index contributed by atoms with van der Waals surface area (Å²) in [6.45, 7) is 0. The fourth-order valence-corrected chi connectivity index (χ4v) is 0. The molecule has 0 aliphatic carbocycles. The molecule has 0 rings (SSSR count). The van der Waals surface area contributed by atoms with Crippen LogP contribution in [0.4, 0.5) is 0 Å². The van der Waals surface area contributed by atoms with Gasteiger partial charge in [-0.15, -0.1) is 24.5 Å². The molecular formula is H3OPS2. The number of hydrogen-bond donors (Lipinski definition) is 2. The Labute approximate surface area is 35.9 Å². The normalized spacial score (nSPS) is 8.75. The van der Waals surface area contributed by atoms with Crippen LogP contribution in [0.5, 0.6) is 0 Å². The van der Waals surface area contributed by atoms with Crippen molar-refractivity contribution in [1.29, 1.82) is 0 Å². The van der Waals surface area contributed by atoms with Gasteiger partial charge >= 0.3 is 0 Å². The quantitative estimate of drug-likeness (QED) is 0.358.